The number of halogens is 4. The van der Waals surface area contributed by atoms with E-state index in [4.69, 9.17) is 50.9 Å². The van der Waals surface area contributed by atoms with Crippen molar-refractivity contribution in [1.29, 1.82) is 0 Å². The number of carbonyl (C=O) groups is 1. The summed E-state index contributed by atoms with van der Waals surface area (Å²) < 4.78 is 5.11. The number of amides is 1. The Hall–Kier alpha value is -1.27. The van der Waals surface area contributed by atoms with Gasteiger partial charge in [-0.15, -0.1) is 0 Å². The smallest absolute Gasteiger partial charge is 0.226 e. The summed E-state index contributed by atoms with van der Waals surface area (Å²) in [7, 11) is 0. The van der Waals surface area contributed by atoms with E-state index in [2.05, 4.69) is 15.5 Å². The molecule has 0 spiro atoms. The predicted octanol–water partition coefficient (Wildman–Crippen LogP) is 4.71. The van der Waals surface area contributed by atoms with Crippen molar-refractivity contribution in [2.24, 2.45) is 0 Å². The summed E-state index contributed by atoms with van der Waals surface area (Å²) in [6, 6.07) is 7.13. The van der Waals surface area contributed by atoms with Gasteiger partial charge < -0.3 is 9.84 Å². The average molecular weight is 409 g/mol. The molecule has 0 saturated carbocycles. The highest BCUT2D eigenvalue weighted by Gasteiger charge is 2.10. The molecule has 0 radical (unpaired) electrons. The van der Waals surface area contributed by atoms with Crippen molar-refractivity contribution in [1.82, 2.24) is 15.5 Å². The molecule has 1 N–H and O–H groups in total. The van der Waals surface area contributed by atoms with Gasteiger partial charge in [-0.2, -0.15) is 4.98 Å². The van der Waals surface area contributed by atoms with Crippen molar-refractivity contribution < 1.29 is 9.32 Å². The van der Waals surface area contributed by atoms with E-state index in [9.17, 15) is 4.79 Å². The van der Waals surface area contributed by atoms with Crippen LogP contribution in [0.2, 0.25) is 5.02 Å². The van der Waals surface area contributed by atoms with Crippen LogP contribution in [-0.4, -0.2) is 22.6 Å². The van der Waals surface area contributed by atoms with E-state index in [-0.39, 0.29) is 22.0 Å². The molecule has 0 aliphatic heterocycles. The lowest BCUT2D eigenvalue weighted by Crippen LogP contribution is -2.24. The van der Waals surface area contributed by atoms with Gasteiger partial charge in [0, 0.05) is 23.4 Å². The van der Waals surface area contributed by atoms with Crippen LogP contribution in [0.3, 0.4) is 0 Å². The standard InChI is InChI=1S/C15H13Cl4N3O2/c16-10-6-4-9(5-7-10)15-21-13(24-22-15)3-1-2-12(23)20-8-11(17)14(18)19/h4-7H,1-3,8H2,(H,20,23). The topological polar surface area (TPSA) is 68.0 Å². The van der Waals surface area contributed by atoms with Gasteiger partial charge in [-0.05, 0) is 30.7 Å². The summed E-state index contributed by atoms with van der Waals surface area (Å²) in [4.78, 5) is 15.9. The molecule has 1 amide bonds. The minimum Gasteiger partial charge on any atom is -0.351 e. The summed E-state index contributed by atoms with van der Waals surface area (Å²) in [6.45, 7) is 0.101. The third kappa shape index (κ3) is 5.98. The minimum absolute atomic E-state index is 0.0578. The van der Waals surface area contributed by atoms with Gasteiger partial charge in [0.25, 0.3) is 0 Å². The second-order valence-electron chi connectivity index (χ2n) is 4.81. The maximum atomic E-state index is 11.7. The summed E-state index contributed by atoms with van der Waals surface area (Å²) in [5.41, 5.74) is 0.812. The van der Waals surface area contributed by atoms with Gasteiger partial charge in [0.2, 0.25) is 17.6 Å². The van der Waals surface area contributed by atoms with Crippen LogP contribution >= 0.6 is 46.4 Å². The maximum Gasteiger partial charge on any atom is 0.226 e. The molecule has 128 valence electrons. The van der Waals surface area contributed by atoms with Crippen molar-refractivity contribution in [2.45, 2.75) is 19.3 Å². The van der Waals surface area contributed by atoms with Crippen LogP contribution in [0.4, 0.5) is 0 Å². The summed E-state index contributed by atoms with van der Waals surface area (Å²) in [5.74, 6) is 0.787. The number of aromatic nitrogens is 2. The van der Waals surface area contributed by atoms with E-state index in [1.165, 1.54) is 0 Å². The van der Waals surface area contributed by atoms with Crippen LogP contribution in [0.1, 0.15) is 18.7 Å². The highest BCUT2D eigenvalue weighted by molar-refractivity contribution is 6.59. The number of hydrogen-bond donors (Lipinski definition) is 1. The number of nitrogens with zero attached hydrogens (tertiary/aromatic N) is 2. The van der Waals surface area contributed by atoms with E-state index >= 15 is 0 Å². The SMILES string of the molecule is O=C(CCCc1nc(-c2ccc(Cl)cc2)no1)NCC(Cl)=C(Cl)Cl. The lowest BCUT2D eigenvalue weighted by molar-refractivity contribution is -0.121. The molecule has 9 heteroatoms. The lowest BCUT2D eigenvalue weighted by Gasteiger charge is -2.03. The maximum absolute atomic E-state index is 11.7. The van der Waals surface area contributed by atoms with Crippen LogP contribution in [0, 0.1) is 0 Å². The first-order valence-corrected chi connectivity index (χ1v) is 8.52. The Kier molecular flexibility index (Phi) is 7.37. The van der Waals surface area contributed by atoms with Gasteiger partial charge in [0.15, 0.2) is 0 Å². The fraction of sp³-hybridized carbons (Fsp3) is 0.267. The van der Waals surface area contributed by atoms with Crippen molar-refractivity contribution in [3.63, 3.8) is 0 Å². The van der Waals surface area contributed by atoms with Crippen molar-refractivity contribution in [3.8, 4) is 11.4 Å². The first-order valence-electron chi connectivity index (χ1n) is 7.00. The first kappa shape index (κ1) is 19.1. The third-order valence-corrected chi connectivity index (χ3v) is 4.24. The zero-order chi connectivity index (χ0) is 17.5. The van der Waals surface area contributed by atoms with Crippen LogP contribution in [0.25, 0.3) is 11.4 Å². The normalized spacial score (nSPS) is 10.5. The number of carbonyl (C=O) groups excluding carboxylic acids is 1. The van der Waals surface area contributed by atoms with Crippen LogP contribution in [0.5, 0.6) is 0 Å². The fourth-order valence-electron chi connectivity index (χ4n) is 1.80. The molecule has 1 aromatic heterocycles. The molecule has 0 saturated heterocycles. The number of benzene rings is 1. The van der Waals surface area contributed by atoms with Gasteiger partial charge in [-0.25, -0.2) is 0 Å². The molecule has 0 fully saturated rings. The Labute approximate surface area is 158 Å². The summed E-state index contributed by atoms with van der Waals surface area (Å²) in [6.07, 6.45) is 1.35. The van der Waals surface area contributed by atoms with Crippen molar-refractivity contribution >= 4 is 52.3 Å². The van der Waals surface area contributed by atoms with E-state index in [0.717, 1.165) is 5.56 Å². The quantitative estimate of drug-likeness (QED) is 0.719. The molecule has 0 bridgehead atoms. The van der Waals surface area contributed by atoms with E-state index in [1.807, 2.05) is 12.1 Å². The Bertz CT molecular complexity index is 725. The third-order valence-electron chi connectivity index (χ3n) is 3.01. The number of hydrogen-bond acceptors (Lipinski definition) is 4. The molecule has 1 aromatic carbocycles. The van der Waals surface area contributed by atoms with E-state index < -0.39 is 0 Å². The second kappa shape index (κ2) is 9.28. The molecule has 0 atom stereocenters. The van der Waals surface area contributed by atoms with Crippen molar-refractivity contribution in [2.75, 3.05) is 6.54 Å². The molecule has 0 aliphatic carbocycles. The monoisotopic (exact) mass is 407 g/mol. The minimum atomic E-state index is -0.167. The molecular weight excluding hydrogens is 396 g/mol. The molecule has 1 heterocycles. The van der Waals surface area contributed by atoms with Gasteiger partial charge in [0.05, 0.1) is 11.6 Å². The fourth-order valence-corrected chi connectivity index (χ4v) is 2.13. The molecule has 5 nitrogen and oxygen atoms in total. The van der Waals surface area contributed by atoms with E-state index in [0.29, 0.717) is 36.0 Å². The lowest BCUT2D eigenvalue weighted by atomic mass is 10.2. The van der Waals surface area contributed by atoms with Gasteiger partial charge >= 0.3 is 0 Å². The largest absolute Gasteiger partial charge is 0.351 e. The van der Waals surface area contributed by atoms with Gasteiger partial charge in [-0.1, -0.05) is 51.6 Å². The van der Waals surface area contributed by atoms with Crippen LogP contribution in [-0.2, 0) is 11.2 Å². The van der Waals surface area contributed by atoms with Crippen molar-refractivity contribution in [3.05, 3.63) is 44.7 Å². The highest BCUT2D eigenvalue weighted by Crippen LogP contribution is 2.19. The highest BCUT2D eigenvalue weighted by atomic mass is 35.5. The van der Waals surface area contributed by atoms with E-state index in [1.54, 1.807) is 12.1 Å². The number of aryl methyl sites for hydroxylation is 1. The number of rotatable bonds is 7. The molecule has 0 unspecified atom stereocenters. The first-order chi connectivity index (χ1) is 11.5. The molecular formula is C15H13Cl4N3O2. The van der Waals surface area contributed by atoms with Crippen LogP contribution in [0.15, 0.2) is 38.3 Å². The van der Waals surface area contributed by atoms with Gasteiger partial charge in [-0.3, -0.25) is 4.79 Å². The Morgan fingerprint density at radius 1 is 1.17 bits per heavy atom. The number of nitrogens with one attached hydrogen (secondary N) is 1. The Morgan fingerprint density at radius 2 is 1.88 bits per heavy atom. The second-order valence-corrected chi connectivity index (χ2v) is 6.66. The summed E-state index contributed by atoms with van der Waals surface area (Å²) in [5, 5.41) is 7.35. The molecule has 2 rings (SSSR count). The van der Waals surface area contributed by atoms with Gasteiger partial charge in [0.1, 0.15) is 4.49 Å². The molecule has 2 aromatic rings. The van der Waals surface area contributed by atoms with Crippen LogP contribution < -0.4 is 5.32 Å². The predicted molar refractivity (Wildman–Crippen MR) is 95.3 cm³/mol. The zero-order valence-corrected chi connectivity index (χ0v) is 15.4. The zero-order valence-electron chi connectivity index (χ0n) is 12.4. The summed E-state index contributed by atoms with van der Waals surface area (Å²) >= 11 is 22.5. The average Bonchev–Trinajstić information content (AvgIpc) is 3.02. The molecule has 0 aliphatic rings. The Balaban J connectivity index is 1.78. The Morgan fingerprint density at radius 3 is 2.54 bits per heavy atom. The molecule has 24 heavy (non-hydrogen) atoms.